The fourth-order valence-corrected chi connectivity index (χ4v) is 4.85. The average Bonchev–Trinajstić information content (AvgIpc) is 3.14. The summed E-state index contributed by atoms with van der Waals surface area (Å²) in [5.74, 6) is 0.964. The third-order valence-electron chi connectivity index (χ3n) is 5.18. The molecule has 5 nitrogen and oxygen atoms in total. The highest BCUT2D eigenvalue weighted by Gasteiger charge is 2.28. The van der Waals surface area contributed by atoms with Crippen molar-refractivity contribution in [3.63, 3.8) is 0 Å². The zero-order chi connectivity index (χ0) is 18.9. The van der Waals surface area contributed by atoms with E-state index in [9.17, 15) is 4.79 Å². The van der Waals surface area contributed by atoms with Crippen LogP contribution in [-0.2, 0) is 11.3 Å². The van der Waals surface area contributed by atoms with Gasteiger partial charge < -0.3 is 5.32 Å². The Morgan fingerprint density at radius 3 is 2.32 bits per heavy atom. The number of thioether (sulfide) groups is 1. The quantitative estimate of drug-likeness (QED) is 0.662. The molecule has 0 amide bonds. The zero-order valence-electron chi connectivity index (χ0n) is 15.3. The number of hydrogen-bond acceptors (Lipinski definition) is 5. The van der Waals surface area contributed by atoms with Gasteiger partial charge in [0.1, 0.15) is 0 Å². The molecule has 0 atom stereocenters. The minimum Gasteiger partial charge on any atom is -0.328 e. The summed E-state index contributed by atoms with van der Waals surface area (Å²) >= 11 is 1.64. The number of fused-ring (bicyclic) bond motifs is 1. The van der Waals surface area contributed by atoms with Gasteiger partial charge >= 0.3 is 0 Å². The molecule has 140 valence electrons. The second-order valence-electron chi connectivity index (χ2n) is 7.05. The number of carbonyl (C=O) groups excluding carboxylic acids is 1. The van der Waals surface area contributed by atoms with E-state index in [1.165, 1.54) is 11.1 Å². The standard InChI is InChI=1S/C22H20N4OS/c27-19-13-7-12-18-17(19)14-26-21(23-18)24-22(25-26)28-20(15-8-3-1-4-9-15)16-10-5-2-6-11-16/h1-6,8-11,20H,7,12-14H2,(H,23,24,25). The lowest BCUT2D eigenvalue weighted by Crippen LogP contribution is -2.26. The highest BCUT2D eigenvalue weighted by Crippen LogP contribution is 2.40. The van der Waals surface area contributed by atoms with E-state index in [1.54, 1.807) is 11.8 Å². The summed E-state index contributed by atoms with van der Waals surface area (Å²) in [6, 6.07) is 20.8. The van der Waals surface area contributed by atoms with Crippen molar-refractivity contribution in [2.75, 3.05) is 5.32 Å². The predicted octanol–water partition coefficient (Wildman–Crippen LogP) is 4.59. The van der Waals surface area contributed by atoms with E-state index in [2.05, 4.69) is 58.9 Å². The molecule has 0 unspecified atom stereocenters. The molecule has 2 aromatic carbocycles. The lowest BCUT2D eigenvalue weighted by atomic mass is 9.94. The number of carbonyl (C=O) groups is 1. The molecule has 0 saturated carbocycles. The number of ketones is 1. The van der Waals surface area contributed by atoms with Crippen LogP contribution < -0.4 is 5.32 Å². The SMILES string of the molecule is O=C1CCCC2=C1Cn1nc(SC(c3ccccc3)c3ccccc3)nc1N2. The molecule has 2 heterocycles. The summed E-state index contributed by atoms with van der Waals surface area (Å²) in [5, 5.41) is 8.85. The lowest BCUT2D eigenvalue weighted by molar-refractivity contribution is -0.116. The smallest absolute Gasteiger partial charge is 0.226 e. The van der Waals surface area contributed by atoms with Crippen molar-refractivity contribution in [1.82, 2.24) is 14.8 Å². The number of Topliss-reactive ketones (excluding diaryl/α,β-unsaturated/α-hetero) is 1. The molecule has 0 bridgehead atoms. The van der Waals surface area contributed by atoms with Crippen molar-refractivity contribution in [3.8, 4) is 0 Å². The molecule has 1 aliphatic heterocycles. The number of anilines is 1. The van der Waals surface area contributed by atoms with Gasteiger partial charge in [-0.25, -0.2) is 4.68 Å². The first-order valence-electron chi connectivity index (χ1n) is 9.51. The van der Waals surface area contributed by atoms with Gasteiger partial charge in [-0.2, -0.15) is 4.98 Å². The van der Waals surface area contributed by atoms with Crippen molar-refractivity contribution in [3.05, 3.63) is 83.1 Å². The van der Waals surface area contributed by atoms with Crippen LogP contribution in [0.2, 0.25) is 0 Å². The number of aromatic nitrogens is 3. The summed E-state index contributed by atoms with van der Waals surface area (Å²) < 4.78 is 1.82. The Labute approximate surface area is 167 Å². The van der Waals surface area contributed by atoms with Crippen LogP contribution in [-0.4, -0.2) is 20.5 Å². The zero-order valence-corrected chi connectivity index (χ0v) is 16.2. The topological polar surface area (TPSA) is 59.8 Å². The van der Waals surface area contributed by atoms with E-state index >= 15 is 0 Å². The monoisotopic (exact) mass is 388 g/mol. The molecule has 6 heteroatoms. The number of nitrogens with zero attached hydrogens (tertiary/aromatic N) is 3. The lowest BCUT2D eigenvalue weighted by Gasteiger charge is -2.24. The van der Waals surface area contributed by atoms with Gasteiger partial charge in [0.05, 0.1) is 11.8 Å². The van der Waals surface area contributed by atoms with Crippen molar-refractivity contribution in [1.29, 1.82) is 0 Å². The Morgan fingerprint density at radius 2 is 1.64 bits per heavy atom. The highest BCUT2D eigenvalue weighted by atomic mass is 32.2. The van der Waals surface area contributed by atoms with E-state index in [0.717, 1.165) is 30.1 Å². The Balaban J connectivity index is 1.45. The van der Waals surface area contributed by atoms with Gasteiger partial charge in [-0.15, -0.1) is 5.10 Å². The Hall–Kier alpha value is -2.86. The first kappa shape index (κ1) is 17.3. The molecular formula is C22H20N4OS. The molecule has 1 N–H and O–H groups in total. The second-order valence-corrected chi connectivity index (χ2v) is 8.13. The number of benzene rings is 2. The summed E-state index contributed by atoms with van der Waals surface area (Å²) in [5.41, 5.74) is 4.32. The second kappa shape index (κ2) is 7.28. The van der Waals surface area contributed by atoms with Gasteiger partial charge in [0.25, 0.3) is 0 Å². The van der Waals surface area contributed by atoms with Crippen LogP contribution in [0.25, 0.3) is 0 Å². The van der Waals surface area contributed by atoms with Crippen LogP contribution >= 0.6 is 11.8 Å². The van der Waals surface area contributed by atoms with Gasteiger partial charge in [-0.1, -0.05) is 72.4 Å². The minimum atomic E-state index is 0.107. The maximum Gasteiger partial charge on any atom is 0.226 e. The minimum absolute atomic E-state index is 0.107. The summed E-state index contributed by atoms with van der Waals surface area (Å²) in [6.07, 6.45) is 2.45. The Bertz CT molecular complexity index is 1000. The summed E-state index contributed by atoms with van der Waals surface area (Å²) in [4.78, 5) is 16.9. The van der Waals surface area contributed by atoms with E-state index in [1.807, 2.05) is 16.8 Å². The predicted molar refractivity (Wildman–Crippen MR) is 110 cm³/mol. The number of nitrogens with one attached hydrogen (secondary N) is 1. The van der Waals surface area contributed by atoms with Crippen molar-refractivity contribution < 1.29 is 4.79 Å². The number of hydrogen-bond donors (Lipinski definition) is 1. The van der Waals surface area contributed by atoms with Crippen molar-refractivity contribution in [2.24, 2.45) is 0 Å². The summed E-state index contributed by atoms with van der Waals surface area (Å²) in [6.45, 7) is 0.519. The number of allylic oxidation sites excluding steroid dienone is 2. The molecule has 0 fully saturated rings. The van der Waals surface area contributed by atoms with Gasteiger partial charge in [-0.05, 0) is 24.0 Å². The van der Waals surface area contributed by atoms with E-state index < -0.39 is 0 Å². The molecule has 0 radical (unpaired) electrons. The fourth-order valence-electron chi connectivity index (χ4n) is 3.77. The van der Waals surface area contributed by atoms with Gasteiger partial charge in [-0.3, -0.25) is 4.79 Å². The first-order valence-corrected chi connectivity index (χ1v) is 10.4. The third kappa shape index (κ3) is 3.24. The normalized spacial score (nSPS) is 16.0. The number of rotatable bonds is 4. The maximum absolute atomic E-state index is 12.2. The molecule has 28 heavy (non-hydrogen) atoms. The van der Waals surface area contributed by atoms with Crippen molar-refractivity contribution in [2.45, 2.75) is 36.2 Å². The molecule has 5 rings (SSSR count). The van der Waals surface area contributed by atoms with Crippen LogP contribution in [0.4, 0.5) is 5.95 Å². The molecule has 1 aromatic heterocycles. The molecule has 0 spiro atoms. The van der Waals surface area contributed by atoms with Crippen LogP contribution in [0.3, 0.4) is 0 Å². The Morgan fingerprint density at radius 1 is 0.964 bits per heavy atom. The first-order chi connectivity index (χ1) is 13.8. The summed E-state index contributed by atoms with van der Waals surface area (Å²) in [7, 11) is 0. The molecule has 3 aromatic rings. The Kier molecular flexibility index (Phi) is 4.49. The van der Waals surface area contributed by atoms with Crippen molar-refractivity contribution >= 4 is 23.5 Å². The van der Waals surface area contributed by atoms with E-state index in [0.29, 0.717) is 18.1 Å². The maximum atomic E-state index is 12.2. The van der Waals surface area contributed by atoms with Crippen LogP contribution in [0, 0.1) is 0 Å². The molecule has 0 saturated heterocycles. The highest BCUT2D eigenvalue weighted by molar-refractivity contribution is 7.99. The molecular weight excluding hydrogens is 368 g/mol. The van der Waals surface area contributed by atoms with Crippen LogP contribution in [0.15, 0.2) is 77.1 Å². The van der Waals surface area contributed by atoms with Crippen LogP contribution in [0.5, 0.6) is 0 Å². The molecule has 2 aliphatic rings. The van der Waals surface area contributed by atoms with Gasteiger partial charge in [0, 0.05) is 17.7 Å². The van der Waals surface area contributed by atoms with Gasteiger partial charge in [0.15, 0.2) is 5.78 Å². The fraction of sp³-hybridized carbons (Fsp3) is 0.227. The molecule has 1 aliphatic carbocycles. The van der Waals surface area contributed by atoms with Crippen LogP contribution in [0.1, 0.15) is 35.6 Å². The van der Waals surface area contributed by atoms with Gasteiger partial charge in [0.2, 0.25) is 11.1 Å². The largest absolute Gasteiger partial charge is 0.328 e. The van der Waals surface area contributed by atoms with E-state index in [-0.39, 0.29) is 11.0 Å². The van der Waals surface area contributed by atoms with E-state index in [4.69, 9.17) is 4.98 Å². The average molecular weight is 388 g/mol. The third-order valence-corrected chi connectivity index (χ3v) is 6.35.